The van der Waals surface area contributed by atoms with E-state index in [1.807, 2.05) is 24.5 Å². The predicted octanol–water partition coefficient (Wildman–Crippen LogP) is 2.64. The summed E-state index contributed by atoms with van der Waals surface area (Å²) in [5.74, 6) is 1.68. The maximum absolute atomic E-state index is 5.89. The quantitative estimate of drug-likeness (QED) is 0.641. The van der Waals surface area contributed by atoms with E-state index in [1.54, 1.807) is 18.0 Å². The van der Waals surface area contributed by atoms with E-state index in [1.165, 1.54) is 0 Å². The van der Waals surface area contributed by atoms with Crippen molar-refractivity contribution in [3.63, 3.8) is 0 Å². The Kier molecular flexibility index (Phi) is 4.78. The molecule has 0 spiro atoms. The summed E-state index contributed by atoms with van der Waals surface area (Å²) in [7, 11) is 0. The summed E-state index contributed by atoms with van der Waals surface area (Å²) in [6.07, 6.45) is 7.18. The van der Waals surface area contributed by atoms with Crippen LogP contribution in [-0.2, 0) is 12.2 Å². The summed E-state index contributed by atoms with van der Waals surface area (Å²) in [6, 6.07) is 4.02. The third kappa shape index (κ3) is 3.85. The molecule has 0 saturated heterocycles. The zero-order chi connectivity index (χ0) is 12.8. The highest BCUT2D eigenvalue weighted by Gasteiger charge is 2.04. The minimum absolute atomic E-state index is 0.190. The van der Waals surface area contributed by atoms with E-state index < -0.39 is 0 Å². The van der Waals surface area contributed by atoms with E-state index in [2.05, 4.69) is 16.9 Å². The van der Waals surface area contributed by atoms with Crippen LogP contribution in [0.1, 0.15) is 24.7 Å². The predicted molar refractivity (Wildman–Crippen MR) is 72.3 cm³/mol. The molecule has 2 N–H and O–H groups in total. The molecule has 1 unspecified atom stereocenters. The van der Waals surface area contributed by atoms with E-state index in [4.69, 9.17) is 10.2 Å². The number of aromatic nitrogens is 2. The molecular weight excluding hydrogens is 246 g/mol. The van der Waals surface area contributed by atoms with Crippen LogP contribution < -0.4 is 5.73 Å². The van der Waals surface area contributed by atoms with Crippen molar-refractivity contribution in [3.05, 3.63) is 42.1 Å². The lowest BCUT2D eigenvalue weighted by atomic mass is 10.1. The van der Waals surface area contributed by atoms with Gasteiger partial charge in [-0.25, -0.2) is 9.97 Å². The standard InChI is InChI=1S/C13H17N3OS/c1-2-11(14)6-10-7-15-13(16-8-10)18-9-12-4-3-5-17-12/h3-5,7-8,11H,2,6,9,14H2,1H3. The van der Waals surface area contributed by atoms with Crippen molar-refractivity contribution in [1.82, 2.24) is 9.97 Å². The van der Waals surface area contributed by atoms with Gasteiger partial charge in [0.05, 0.1) is 12.0 Å². The summed E-state index contributed by atoms with van der Waals surface area (Å²) < 4.78 is 5.25. The van der Waals surface area contributed by atoms with Crippen molar-refractivity contribution in [3.8, 4) is 0 Å². The van der Waals surface area contributed by atoms with Crippen LogP contribution in [0.5, 0.6) is 0 Å². The molecule has 96 valence electrons. The topological polar surface area (TPSA) is 64.9 Å². The average Bonchev–Trinajstić information content (AvgIpc) is 2.91. The molecule has 0 aliphatic rings. The molecule has 0 aromatic carbocycles. The molecule has 18 heavy (non-hydrogen) atoms. The third-order valence-electron chi connectivity index (χ3n) is 2.63. The van der Waals surface area contributed by atoms with Crippen LogP contribution >= 0.6 is 11.8 Å². The van der Waals surface area contributed by atoms with Crippen LogP contribution in [0.25, 0.3) is 0 Å². The summed E-state index contributed by atoms with van der Waals surface area (Å²) in [5.41, 5.74) is 6.98. The van der Waals surface area contributed by atoms with E-state index in [0.717, 1.165) is 35.1 Å². The largest absolute Gasteiger partial charge is 0.468 e. The first-order chi connectivity index (χ1) is 8.78. The Morgan fingerprint density at radius 3 is 2.78 bits per heavy atom. The maximum atomic E-state index is 5.89. The molecule has 2 aromatic heterocycles. The molecule has 5 heteroatoms. The van der Waals surface area contributed by atoms with Crippen molar-refractivity contribution in [2.24, 2.45) is 5.73 Å². The molecule has 0 saturated carbocycles. The molecular formula is C13H17N3OS. The molecule has 1 atom stereocenters. The Labute approximate surface area is 111 Å². The fourth-order valence-electron chi connectivity index (χ4n) is 1.50. The van der Waals surface area contributed by atoms with Crippen molar-refractivity contribution in [2.75, 3.05) is 0 Å². The van der Waals surface area contributed by atoms with Gasteiger partial charge in [0.2, 0.25) is 0 Å². The highest BCUT2D eigenvalue weighted by Crippen LogP contribution is 2.19. The van der Waals surface area contributed by atoms with Gasteiger partial charge >= 0.3 is 0 Å². The number of hydrogen-bond acceptors (Lipinski definition) is 5. The number of hydrogen-bond donors (Lipinski definition) is 1. The lowest BCUT2D eigenvalue weighted by Crippen LogP contribution is -2.21. The Morgan fingerprint density at radius 1 is 1.39 bits per heavy atom. The Morgan fingerprint density at radius 2 is 2.17 bits per heavy atom. The van der Waals surface area contributed by atoms with Gasteiger partial charge in [0, 0.05) is 18.4 Å². The molecule has 2 rings (SSSR count). The van der Waals surface area contributed by atoms with Gasteiger partial charge in [-0.1, -0.05) is 18.7 Å². The summed E-state index contributed by atoms with van der Waals surface area (Å²) >= 11 is 1.56. The van der Waals surface area contributed by atoms with E-state index in [0.29, 0.717) is 0 Å². The van der Waals surface area contributed by atoms with Gasteiger partial charge in [-0.2, -0.15) is 0 Å². The van der Waals surface area contributed by atoms with Gasteiger partial charge in [0.15, 0.2) is 5.16 Å². The van der Waals surface area contributed by atoms with Gasteiger partial charge in [-0.15, -0.1) is 0 Å². The van der Waals surface area contributed by atoms with Crippen LogP contribution in [0.4, 0.5) is 0 Å². The zero-order valence-corrected chi connectivity index (χ0v) is 11.2. The van der Waals surface area contributed by atoms with Crippen LogP contribution in [0.15, 0.2) is 40.4 Å². The molecule has 0 amide bonds. The number of thioether (sulfide) groups is 1. The molecule has 4 nitrogen and oxygen atoms in total. The highest BCUT2D eigenvalue weighted by molar-refractivity contribution is 7.98. The van der Waals surface area contributed by atoms with E-state index in [-0.39, 0.29) is 6.04 Å². The number of nitrogens with two attached hydrogens (primary N) is 1. The SMILES string of the molecule is CCC(N)Cc1cnc(SCc2ccco2)nc1. The normalized spacial score (nSPS) is 12.6. The Hall–Kier alpha value is -1.33. The van der Waals surface area contributed by atoms with Crippen LogP contribution in [0.3, 0.4) is 0 Å². The first-order valence-corrected chi connectivity index (χ1v) is 6.98. The average molecular weight is 263 g/mol. The first-order valence-electron chi connectivity index (χ1n) is 5.99. The van der Waals surface area contributed by atoms with E-state index >= 15 is 0 Å². The molecule has 0 aliphatic heterocycles. The molecule has 0 bridgehead atoms. The fourth-order valence-corrected chi connectivity index (χ4v) is 2.19. The second-order valence-electron chi connectivity index (χ2n) is 4.11. The van der Waals surface area contributed by atoms with Crippen LogP contribution in [0.2, 0.25) is 0 Å². The van der Waals surface area contributed by atoms with Crippen molar-refractivity contribution >= 4 is 11.8 Å². The molecule has 0 aliphatic carbocycles. The summed E-state index contributed by atoms with van der Waals surface area (Å²) in [4.78, 5) is 8.64. The van der Waals surface area contributed by atoms with Crippen LogP contribution in [-0.4, -0.2) is 16.0 Å². The summed E-state index contributed by atoms with van der Waals surface area (Å²) in [6.45, 7) is 2.08. The zero-order valence-electron chi connectivity index (χ0n) is 10.4. The van der Waals surface area contributed by atoms with Gasteiger partial charge in [0.1, 0.15) is 5.76 Å². The van der Waals surface area contributed by atoms with Crippen molar-refractivity contribution in [1.29, 1.82) is 0 Å². The lowest BCUT2D eigenvalue weighted by Gasteiger charge is -2.07. The van der Waals surface area contributed by atoms with Crippen LogP contribution in [0, 0.1) is 0 Å². The minimum Gasteiger partial charge on any atom is -0.468 e. The molecule has 2 aromatic rings. The lowest BCUT2D eigenvalue weighted by molar-refractivity contribution is 0.530. The van der Waals surface area contributed by atoms with Crippen molar-refractivity contribution < 1.29 is 4.42 Å². The van der Waals surface area contributed by atoms with Gasteiger partial charge < -0.3 is 10.2 Å². The second kappa shape index (κ2) is 6.56. The molecule has 0 fully saturated rings. The Bertz CT molecular complexity index is 456. The number of nitrogens with zero attached hydrogens (tertiary/aromatic N) is 2. The minimum atomic E-state index is 0.190. The smallest absolute Gasteiger partial charge is 0.187 e. The fraction of sp³-hybridized carbons (Fsp3) is 0.385. The van der Waals surface area contributed by atoms with Gasteiger partial charge in [-0.3, -0.25) is 0 Å². The summed E-state index contributed by atoms with van der Waals surface area (Å²) in [5, 5.41) is 0.764. The van der Waals surface area contributed by atoms with Crippen molar-refractivity contribution in [2.45, 2.75) is 36.7 Å². The monoisotopic (exact) mass is 263 g/mol. The van der Waals surface area contributed by atoms with E-state index in [9.17, 15) is 0 Å². The number of rotatable bonds is 6. The molecule has 0 radical (unpaired) electrons. The van der Waals surface area contributed by atoms with Gasteiger partial charge in [-0.05, 0) is 30.5 Å². The Balaban J connectivity index is 1.87. The number of furan rings is 1. The first kappa shape index (κ1) is 13.1. The second-order valence-corrected chi connectivity index (χ2v) is 5.06. The highest BCUT2D eigenvalue weighted by atomic mass is 32.2. The van der Waals surface area contributed by atoms with Gasteiger partial charge in [0.25, 0.3) is 0 Å². The maximum Gasteiger partial charge on any atom is 0.187 e. The third-order valence-corrected chi connectivity index (χ3v) is 3.53. The molecule has 2 heterocycles.